The molecule has 0 bridgehead atoms. The quantitative estimate of drug-likeness (QED) is 0.822. The van der Waals surface area contributed by atoms with Gasteiger partial charge in [0.15, 0.2) is 11.5 Å². The summed E-state index contributed by atoms with van der Waals surface area (Å²) in [6, 6.07) is 14.6. The normalized spacial score (nSPS) is 15.5. The fraction of sp³-hybridized carbons (Fsp3) is 0.278. The Morgan fingerprint density at radius 3 is 2.58 bits per heavy atom. The standard InChI is InChI=1S/C18H19NO5/c1-21-13-6-8-14(9-7-13)22-11-10-19-18(20)17-12-23-15-4-2-3-5-16(15)24-17/h2-9,17H,10-12H2,1H3,(H,19,20)/t17-/m1/s1. The molecule has 1 aliphatic heterocycles. The van der Waals surface area contributed by atoms with E-state index in [0.29, 0.717) is 24.7 Å². The van der Waals surface area contributed by atoms with Crippen LogP contribution in [0.15, 0.2) is 48.5 Å². The molecule has 6 nitrogen and oxygen atoms in total. The van der Waals surface area contributed by atoms with Gasteiger partial charge in [0.1, 0.15) is 24.7 Å². The number of nitrogens with one attached hydrogen (secondary N) is 1. The first-order valence-electron chi connectivity index (χ1n) is 7.69. The second kappa shape index (κ2) is 7.59. The van der Waals surface area contributed by atoms with Crippen molar-refractivity contribution in [1.29, 1.82) is 0 Å². The number of hydrogen-bond donors (Lipinski definition) is 1. The second-order valence-corrected chi connectivity index (χ2v) is 5.18. The van der Waals surface area contributed by atoms with E-state index in [0.717, 1.165) is 11.5 Å². The molecule has 0 fully saturated rings. The maximum Gasteiger partial charge on any atom is 0.264 e. The summed E-state index contributed by atoms with van der Waals surface area (Å²) in [7, 11) is 1.61. The summed E-state index contributed by atoms with van der Waals surface area (Å²) in [5, 5.41) is 2.78. The van der Waals surface area contributed by atoms with Gasteiger partial charge in [-0.05, 0) is 36.4 Å². The summed E-state index contributed by atoms with van der Waals surface area (Å²) < 4.78 is 21.8. The topological polar surface area (TPSA) is 66.0 Å². The van der Waals surface area contributed by atoms with Crippen molar-refractivity contribution in [2.45, 2.75) is 6.10 Å². The number of amides is 1. The van der Waals surface area contributed by atoms with Crippen LogP contribution in [-0.2, 0) is 4.79 Å². The first-order chi connectivity index (χ1) is 11.8. The second-order valence-electron chi connectivity index (χ2n) is 5.18. The summed E-state index contributed by atoms with van der Waals surface area (Å²) in [5.74, 6) is 2.51. The predicted molar refractivity (Wildman–Crippen MR) is 87.9 cm³/mol. The van der Waals surface area contributed by atoms with Gasteiger partial charge in [0.05, 0.1) is 13.7 Å². The minimum Gasteiger partial charge on any atom is -0.497 e. The van der Waals surface area contributed by atoms with Crippen molar-refractivity contribution in [1.82, 2.24) is 5.32 Å². The number of carbonyl (C=O) groups is 1. The van der Waals surface area contributed by atoms with Gasteiger partial charge in [-0.25, -0.2) is 0 Å². The molecule has 1 aliphatic rings. The van der Waals surface area contributed by atoms with E-state index < -0.39 is 6.10 Å². The number of benzene rings is 2. The third kappa shape index (κ3) is 3.90. The van der Waals surface area contributed by atoms with Gasteiger partial charge in [-0.15, -0.1) is 0 Å². The fourth-order valence-corrected chi connectivity index (χ4v) is 2.28. The molecule has 0 saturated heterocycles. The molecule has 0 aliphatic carbocycles. The zero-order valence-electron chi connectivity index (χ0n) is 13.4. The van der Waals surface area contributed by atoms with Gasteiger partial charge in [-0.1, -0.05) is 12.1 Å². The Bertz CT molecular complexity index is 686. The average Bonchev–Trinajstić information content (AvgIpc) is 2.65. The first-order valence-corrected chi connectivity index (χ1v) is 7.69. The number of rotatable bonds is 6. The Labute approximate surface area is 140 Å². The minimum atomic E-state index is -0.652. The number of ether oxygens (including phenoxy) is 4. The number of para-hydroxylation sites is 2. The lowest BCUT2D eigenvalue weighted by atomic mass is 10.2. The highest BCUT2D eigenvalue weighted by atomic mass is 16.6. The van der Waals surface area contributed by atoms with Gasteiger partial charge in [-0.3, -0.25) is 4.79 Å². The molecular weight excluding hydrogens is 310 g/mol. The third-order valence-corrected chi connectivity index (χ3v) is 3.53. The van der Waals surface area contributed by atoms with Crippen LogP contribution in [0, 0.1) is 0 Å². The van der Waals surface area contributed by atoms with Crippen LogP contribution in [0.3, 0.4) is 0 Å². The van der Waals surface area contributed by atoms with Crippen molar-refractivity contribution in [3.8, 4) is 23.0 Å². The van der Waals surface area contributed by atoms with E-state index in [2.05, 4.69) is 5.32 Å². The fourth-order valence-electron chi connectivity index (χ4n) is 2.28. The first kappa shape index (κ1) is 16.0. The molecule has 1 atom stereocenters. The summed E-state index contributed by atoms with van der Waals surface area (Å²) in [6.45, 7) is 0.941. The lowest BCUT2D eigenvalue weighted by Gasteiger charge is -2.25. The zero-order chi connectivity index (χ0) is 16.8. The number of hydrogen-bond acceptors (Lipinski definition) is 5. The number of carbonyl (C=O) groups excluding carboxylic acids is 1. The van der Waals surface area contributed by atoms with E-state index in [1.165, 1.54) is 0 Å². The molecule has 0 saturated carbocycles. The van der Waals surface area contributed by atoms with Gasteiger partial charge < -0.3 is 24.3 Å². The molecule has 0 aromatic heterocycles. The van der Waals surface area contributed by atoms with Crippen LogP contribution in [0.1, 0.15) is 0 Å². The number of fused-ring (bicyclic) bond motifs is 1. The molecule has 6 heteroatoms. The molecule has 24 heavy (non-hydrogen) atoms. The Morgan fingerprint density at radius 1 is 1.12 bits per heavy atom. The van der Waals surface area contributed by atoms with Gasteiger partial charge in [-0.2, -0.15) is 0 Å². The maximum atomic E-state index is 12.1. The van der Waals surface area contributed by atoms with E-state index in [9.17, 15) is 4.79 Å². The summed E-state index contributed by atoms with van der Waals surface area (Å²) in [4.78, 5) is 12.1. The molecule has 0 spiro atoms. The van der Waals surface area contributed by atoms with Gasteiger partial charge in [0, 0.05) is 0 Å². The van der Waals surface area contributed by atoms with Crippen molar-refractivity contribution in [3.63, 3.8) is 0 Å². The van der Waals surface area contributed by atoms with Crippen LogP contribution in [0.5, 0.6) is 23.0 Å². The Hall–Kier alpha value is -2.89. The van der Waals surface area contributed by atoms with Crippen LogP contribution in [0.2, 0.25) is 0 Å². The highest BCUT2D eigenvalue weighted by Gasteiger charge is 2.26. The van der Waals surface area contributed by atoms with Crippen LogP contribution in [0.25, 0.3) is 0 Å². The maximum absolute atomic E-state index is 12.1. The molecule has 0 unspecified atom stereocenters. The molecular formula is C18H19NO5. The largest absolute Gasteiger partial charge is 0.497 e. The number of methoxy groups -OCH3 is 1. The van der Waals surface area contributed by atoms with E-state index in [1.54, 1.807) is 13.2 Å². The molecule has 1 N–H and O–H groups in total. The van der Waals surface area contributed by atoms with Crippen LogP contribution >= 0.6 is 0 Å². The molecule has 3 rings (SSSR count). The zero-order valence-corrected chi connectivity index (χ0v) is 13.4. The van der Waals surface area contributed by atoms with E-state index in [-0.39, 0.29) is 12.5 Å². The Kier molecular flexibility index (Phi) is 5.05. The van der Waals surface area contributed by atoms with Crippen LogP contribution < -0.4 is 24.3 Å². The molecule has 126 valence electrons. The molecule has 0 radical (unpaired) electrons. The van der Waals surface area contributed by atoms with Crippen molar-refractivity contribution in [2.24, 2.45) is 0 Å². The Morgan fingerprint density at radius 2 is 1.83 bits per heavy atom. The van der Waals surface area contributed by atoms with Crippen LogP contribution in [0.4, 0.5) is 0 Å². The van der Waals surface area contributed by atoms with Crippen molar-refractivity contribution >= 4 is 5.91 Å². The van der Waals surface area contributed by atoms with Gasteiger partial charge in [0.25, 0.3) is 5.91 Å². The van der Waals surface area contributed by atoms with E-state index in [1.807, 2.05) is 42.5 Å². The van der Waals surface area contributed by atoms with E-state index in [4.69, 9.17) is 18.9 Å². The van der Waals surface area contributed by atoms with Crippen molar-refractivity contribution in [2.75, 3.05) is 26.9 Å². The highest BCUT2D eigenvalue weighted by molar-refractivity contribution is 5.81. The molecule has 1 amide bonds. The summed E-state index contributed by atoms with van der Waals surface area (Å²) in [5.41, 5.74) is 0. The SMILES string of the molecule is COc1ccc(OCCNC(=O)[C@H]2COc3ccccc3O2)cc1. The monoisotopic (exact) mass is 329 g/mol. The van der Waals surface area contributed by atoms with Crippen molar-refractivity contribution < 1.29 is 23.7 Å². The van der Waals surface area contributed by atoms with E-state index >= 15 is 0 Å². The summed E-state index contributed by atoms with van der Waals surface area (Å²) >= 11 is 0. The summed E-state index contributed by atoms with van der Waals surface area (Å²) in [6.07, 6.45) is -0.652. The van der Waals surface area contributed by atoms with Gasteiger partial charge in [0.2, 0.25) is 6.10 Å². The smallest absolute Gasteiger partial charge is 0.264 e. The highest BCUT2D eigenvalue weighted by Crippen LogP contribution is 2.30. The lowest BCUT2D eigenvalue weighted by Crippen LogP contribution is -2.45. The predicted octanol–water partition coefficient (Wildman–Crippen LogP) is 2.03. The molecule has 1 heterocycles. The Balaban J connectivity index is 1.41. The van der Waals surface area contributed by atoms with Crippen molar-refractivity contribution in [3.05, 3.63) is 48.5 Å². The molecule has 2 aromatic carbocycles. The third-order valence-electron chi connectivity index (χ3n) is 3.53. The van der Waals surface area contributed by atoms with Crippen LogP contribution in [-0.4, -0.2) is 38.9 Å². The average molecular weight is 329 g/mol. The van der Waals surface area contributed by atoms with Gasteiger partial charge >= 0.3 is 0 Å². The lowest BCUT2D eigenvalue weighted by molar-refractivity contribution is -0.130. The minimum absolute atomic E-state index is 0.197. The molecule has 2 aromatic rings.